The zero-order chi connectivity index (χ0) is 9.40. The van der Waals surface area contributed by atoms with Gasteiger partial charge in [0.05, 0.1) is 6.54 Å². The molecule has 1 unspecified atom stereocenters. The van der Waals surface area contributed by atoms with Gasteiger partial charge in [-0.05, 0) is 26.3 Å². The van der Waals surface area contributed by atoms with E-state index in [1.807, 2.05) is 6.92 Å². The molecule has 1 atom stereocenters. The standard InChI is InChI=1S/C9H20N2O/c1-4-6-10-7-9(12)11-8(3)5-2/h8,10H,4-7H2,1-3H3,(H,11,12). The van der Waals surface area contributed by atoms with Gasteiger partial charge in [0.1, 0.15) is 0 Å². The van der Waals surface area contributed by atoms with Crippen LogP contribution < -0.4 is 10.6 Å². The van der Waals surface area contributed by atoms with Crippen molar-refractivity contribution in [2.45, 2.75) is 39.7 Å². The van der Waals surface area contributed by atoms with E-state index < -0.39 is 0 Å². The molecule has 0 aromatic heterocycles. The van der Waals surface area contributed by atoms with Crippen molar-refractivity contribution < 1.29 is 4.79 Å². The van der Waals surface area contributed by atoms with Crippen molar-refractivity contribution in [1.29, 1.82) is 0 Å². The first-order valence-corrected chi connectivity index (χ1v) is 4.70. The van der Waals surface area contributed by atoms with E-state index >= 15 is 0 Å². The van der Waals surface area contributed by atoms with Crippen molar-refractivity contribution in [3.05, 3.63) is 0 Å². The number of hydrogen-bond acceptors (Lipinski definition) is 2. The molecule has 0 spiro atoms. The summed E-state index contributed by atoms with van der Waals surface area (Å²) in [5.41, 5.74) is 0. The van der Waals surface area contributed by atoms with Crippen molar-refractivity contribution in [1.82, 2.24) is 10.6 Å². The monoisotopic (exact) mass is 172 g/mol. The Labute approximate surface area is 74.9 Å². The van der Waals surface area contributed by atoms with Gasteiger partial charge < -0.3 is 10.6 Å². The van der Waals surface area contributed by atoms with Crippen LogP contribution in [0.3, 0.4) is 0 Å². The number of hydrogen-bond donors (Lipinski definition) is 2. The topological polar surface area (TPSA) is 41.1 Å². The molecule has 0 radical (unpaired) electrons. The molecule has 0 aliphatic rings. The summed E-state index contributed by atoms with van der Waals surface area (Å²) in [5.74, 6) is 0.0952. The van der Waals surface area contributed by atoms with E-state index in [1.165, 1.54) is 0 Å². The van der Waals surface area contributed by atoms with Crippen LogP contribution in [-0.2, 0) is 4.79 Å². The first-order chi connectivity index (χ1) is 5.70. The number of amides is 1. The Bertz CT molecular complexity index is 126. The zero-order valence-corrected chi connectivity index (χ0v) is 8.31. The molecular weight excluding hydrogens is 152 g/mol. The summed E-state index contributed by atoms with van der Waals surface area (Å²) in [6.45, 7) is 7.51. The largest absolute Gasteiger partial charge is 0.353 e. The summed E-state index contributed by atoms with van der Waals surface area (Å²) >= 11 is 0. The third-order valence-electron chi connectivity index (χ3n) is 1.73. The normalized spacial score (nSPS) is 12.6. The van der Waals surface area contributed by atoms with Gasteiger partial charge in [-0.3, -0.25) is 4.79 Å². The van der Waals surface area contributed by atoms with Crippen LogP contribution in [0.4, 0.5) is 0 Å². The molecule has 12 heavy (non-hydrogen) atoms. The molecule has 0 aromatic carbocycles. The van der Waals surface area contributed by atoms with Crippen LogP contribution in [0.1, 0.15) is 33.6 Å². The molecule has 0 aromatic rings. The Morgan fingerprint density at radius 1 is 1.42 bits per heavy atom. The molecule has 3 heteroatoms. The average Bonchev–Trinajstić information content (AvgIpc) is 2.05. The van der Waals surface area contributed by atoms with E-state index in [2.05, 4.69) is 24.5 Å². The summed E-state index contributed by atoms with van der Waals surface area (Å²) in [5, 5.41) is 5.94. The highest BCUT2D eigenvalue weighted by Gasteiger charge is 2.03. The molecular formula is C9H20N2O. The minimum absolute atomic E-state index is 0.0952. The SMILES string of the molecule is CCCNCC(=O)NC(C)CC. The van der Waals surface area contributed by atoms with Gasteiger partial charge >= 0.3 is 0 Å². The minimum Gasteiger partial charge on any atom is -0.353 e. The van der Waals surface area contributed by atoms with E-state index in [9.17, 15) is 4.79 Å². The van der Waals surface area contributed by atoms with Crippen LogP contribution in [-0.4, -0.2) is 25.0 Å². The summed E-state index contributed by atoms with van der Waals surface area (Å²) in [4.78, 5) is 11.1. The van der Waals surface area contributed by atoms with Crippen molar-refractivity contribution in [3.63, 3.8) is 0 Å². The summed E-state index contributed by atoms with van der Waals surface area (Å²) < 4.78 is 0. The van der Waals surface area contributed by atoms with Crippen LogP contribution in [0, 0.1) is 0 Å². The highest BCUT2D eigenvalue weighted by Crippen LogP contribution is 1.86. The number of carbonyl (C=O) groups is 1. The summed E-state index contributed by atoms with van der Waals surface area (Å²) in [6, 6.07) is 0.293. The molecule has 0 saturated carbocycles. The van der Waals surface area contributed by atoms with E-state index in [0.29, 0.717) is 12.6 Å². The molecule has 2 N–H and O–H groups in total. The van der Waals surface area contributed by atoms with E-state index in [1.54, 1.807) is 0 Å². The fourth-order valence-corrected chi connectivity index (χ4v) is 0.807. The van der Waals surface area contributed by atoms with Gasteiger partial charge in [0.15, 0.2) is 0 Å². The quantitative estimate of drug-likeness (QED) is 0.584. The third kappa shape index (κ3) is 6.16. The lowest BCUT2D eigenvalue weighted by Crippen LogP contribution is -2.38. The van der Waals surface area contributed by atoms with Crippen molar-refractivity contribution in [3.8, 4) is 0 Å². The molecule has 0 saturated heterocycles. The first-order valence-electron chi connectivity index (χ1n) is 4.70. The Morgan fingerprint density at radius 2 is 2.08 bits per heavy atom. The highest BCUT2D eigenvalue weighted by molar-refractivity contribution is 5.78. The lowest BCUT2D eigenvalue weighted by molar-refractivity contribution is -0.120. The van der Waals surface area contributed by atoms with Crippen LogP contribution in [0.5, 0.6) is 0 Å². The van der Waals surface area contributed by atoms with Crippen molar-refractivity contribution in [2.24, 2.45) is 0 Å². The predicted molar refractivity (Wildman–Crippen MR) is 51.1 cm³/mol. The summed E-state index contributed by atoms with van der Waals surface area (Å²) in [6.07, 6.45) is 2.05. The predicted octanol–water partition coefficient (Wildman–Crippen LogP) is 0.901. The first kappa shape index (κ1) is 11.4. The molecule has 0 fully saturated rings. The second kappa shape index (κ2) is 7.10. The van der Waals surface area contributed by atoms with Gasteiger partial charge in [0.2, 0.25) is 5.91 Å². The lowest BCUT2D eigenvalue weighted by Gasteiger charge is -2.11. The third-order valence-corrected chi connectivity index (χ3v) is 1.73. The van der Waals surface area contributed by atoms with Crippen LogP contribution in [0.15, 0.2) is 0 Å². The smallest absolute Gasteiger partial charge is 0.234 e. The molecule has 3 nitrogen and oxygen atoms in total. The van der Waals surface area contributed by atoms with Crippen molar-refractivity contribution >= 4 is 5.91 Å². The fraction of sp³-hybridized carbons (Fsp3) is 0.889. The molecule has 0 aliphatic heterocycles. The maximum atomic E-state index is 11.1. The zero-order valence-electron chi connectivity index (χ0n) is 8.31. The molecule has 0 aliphatic carbocycles. The summed E-state index contributed by atoms with van der Waals surface area (Å²) in [7, 11) is 0. The van der Waals surface area contributed by atoms with Gasteiger partial charge in [-0.2, -0.15) is 0 Å². The van der Waals surface area contributed by atoms with E-state index in [-0.39, 0.29) is 5.91 Å². The Morgan fingerprint density at radius 3 is 2.58 bits per heavy atom. The highest BCUT2D eigenvalue weighted by atomic mass is 16.1. The second-order valence-electron chi connectivity index (χ2n) is 3.05. The van der Waals surface area contributed by atoms with Crippen LogP contribution in [0.25, 0.3) is 0 Å². The molecule has 1 amide bonds. The minimum atomic E-state index is 0.0952. The van der Waals surface area contributed by atoms with Crippen molar-refractivity contribution in [2.75, 3.05) is 13.1 Å². The Kier molecular flexibility index (Phi) is 6.76. The molecule has 0 heterocycles. The molecule has 72 valence electrons. The Balaban J connectivity index is 3.33. The van der Waals surface area contributed by atoms with Crippen LogP contribution >= 0.6 is 0 Å². The van der Waals surface area contributed by atoms with Gasteiger partial charge in [0, 0.05) is 6.04 Å². The van der Waals surface area contributed by atoms with Gasteiger partial charge in [-0.1, -0.05) is 13.8 Å². The van der Waals surface area contributed by atoms with Gasteiger partial charge in [0.25, 0.3) is 0 Å². The van der Waals surface area contributed by atoms with Gasteiger partial charge in [-0.25, -0.2) is 0 Å². The van der Waals surface area contributed by atoms with Gasteiger partial charge in [-0.15, -0.1) is 0 Å². The lowest BCUT2D eigenvalue weighted by atomic mass is 10.2. The second-order valence-corrected chi connectivity index (χ2v) is 3.05. The number of rotatable bonds is 6. The van der Waals surface area contributed by atoms with E-state index in [0.717, 1.165) is 19.4 Å². The maximum absolute atomic E-state index is 11.1. The number of nitrogens with one attached hydrogen (secondary N) is 2. The fourth-order valence-electron chi connectivity index (χ4n) is 0.807. The Hall–Kier alpha value is -0.570. The van der Waals surface area contributed by atoms with E-state index in [4.69, 9.17) is 0 Å². The average molecular weight is 172 g/mol. The number of carbonyl (C=O) groups excluding carboxylic acids is 1. The van der Waals surface area contributed by atoms with Crippen LogP contribution in [0.2, 0.25) is 0 Å². The molecule has 0 rings (SSSR count). The maximum Gasteiger partial charge on any atom is 0.234 e. The molecule has 0 bridgehead atoms.